The number of hydrogen-bond acceptors (Lipinski definition) is 4. The monoisotopic (exact) mass is 264 g/mol. The van der Waals surface area contributed by atoms with Crippen LogP contribution < -0.4 is 10.1 Å². The highest BCUT2D eigenvalue weighted by Gasteiger charge is 2.22. The Kier molecular flexibility index (Phi) is 4.11. The van der Waals surface area contributed by atoms with Crippen LogP contribution in [0, 0.1) is 5.82 Å². The fourth-order valence-corrected chi connectivity index (χ4v) is 2.02. The minimum Gasteiger partial charge on any atom is -0.493 e. The summed E-state index contributed by atoms with van der Waals surface area (Å²) in [4.78, 5) is 4.14. The van der Waals surface area contributed by atoms with E-state index < -0.39 is 0 Å². The molecule has 0 bridgehead atoms. The van der Waals surface area contributed by atoms with Crippen LogP contribution >= 0.6 is 0 Å². The Morgan fingerprint density at radius 3 is 2.79 bits per heavy atom. The van der Waals surface area contributed by atoms with Crippen LogP contribution in [0.2, 0.25) is 0 Å². The summed E-state index contributed by atoms with van der Waals surface area (Å²) >= 11 is 0. The minimum absolute atomic E-state index is 0.187. The van der Waals surface area contributed by atoms with Gasteiger partial charge < -0.3 is 10.1 Å². The van der Waals surface area contributed by atoms with Gasteiger partial charge in [-0.05, 0) is 18.7 Å². The molecule has 5 nitrogen and oxygen atoms in total. The van der Waals surface area contributed by atoms with Crippen molar-refractivity contribution in [3.63, 3.8) is 0 Å². The number of aromatic nitrogens is 3. The number of halogens is 1. The minimum atomic E-state index is -0.351. The second kappa shape index (κ2) is 5.79. The molecule has 1 atom stereocenters. The second-order valence-corrected chi connectivity index (χ2v) is 4.11. The molecule has 0 aliphatic carbocycles. The number of rotatable bonds is 5. The molecule has 6 heteroatoms. The normalized spacial score (nSPS) is 12.4. The molecule has 0 amide bonds. The first-order chi connectivity index (χ1) is 9.17. The van der Waals surface area contributed by atoms with Crippen molar-refractivity contribution in [1.29, 1.82) is 0 Å². The highest BCUT2D eigenvalue weighted by Crippen LogP contribution is 2.28. The molecular weight excluding hydrogens is 247 g/mol. The first-order valence-corrected chi connectivity index (χ1v) is 6.08. The van der Waals surface area contributed by atoms with Crippen LogP contribution in [-0.2, 0) is 7.05 Å². The zero-order chi connectivity index (χ0) is 13.8. The summed E-state index contributed by atoms with van der Waals surface area (Å²) in [6.45, 7) is 2.75. The van der Waals surface area contributed by atoms with Gasteiger partial charge >= 0.3 is 0 Å². The molecule has 0 radical (unpaired) electrons. The average Bonchev–Trinajstić information content (AvgIpc) is 2.78. The van der Waals surface area contributed by atoms with Gasteiger partial charge in [0.25, 0.3) is 0 Å². The van der Waals surface area contributed by atoms with Crippen molar-refractivity contribution in [3.8, 4) is 5.75 Å². The van der Waals surface area contributed by atoms with Crippen LogP contribution in [0.25, 0.3) is 0 Å². The van der Waals surface area contributed by atoms with Crippen molar-refractivity contribution in [2.24, 2.45) is 7.05 Å². The van der Waals surface area contributed by atoms with Gasteiger partial charge in [0.15, 0.2) is 5.75 Å². The summed E-state index contributed by atoms with van der Waals surface area (Å²) in [6, 6.07) is 2.87. The van der Waals surface area contributed by atoms with E-state index in [1.54, 1.807) is 24.1 Å². The number of hydrogen-bond donors (Lipinski definition) is 1. The number of methoxy groups -OCH3 is 1. The van der Waals surface area contributed by atoms with Gasteiger partial charge in [-0.25, -0.2) is 4.39 Å². The van der Waals surface area contributed by atoms with E-state index in [4.69, 9.17) is 4.74 Å². The summed E-state index contributed by atoms with van der Waals surface area (Å²) in [5.74, 6) is 0.329. The number of aryl methyl sites for hydroxylation is 1. The van der Waals surface area contributed by atoms with Gasteiger partial charge in [0.05, 0.1) is 31.2 Å². The van der Waals surface area contributed by atoms with Gasteiger partial charge in [-0.15, -0.1) is 0 Å². The van der Waals surface area contributed by atoms with Crippen LogP contribution in [0.4, 0.5) is 4.39 Å². The molecule has 0 saturated heterocycles. The smallest absolute Gasteiger partial charge is 0.161 e. The molecule has 2 aromatic heterocycles. The molecule has 2 heterocycles. The Labute approximate surface area is 111 Å². The van der Waals surface area contributed by atoms with Crippen LogP contribution in [0.3, 0.4) is 0 Å². The molecule has 0 aliphatic heterocycles. The van der Waals surface area contributed by atoms with Crippen LogP contribution in [0.15, 0.2) is 24.5 Å². The van der Waals surface area contributed by atoms with E-state index in [1.807, 2.05) is 14.0 Å². The molecule has 1 N–H and O–H groups in total. The molecule has 0 spiro atoms. The average molecular weight is 264 g/mol. The highest BCUT2D eigenvalue weighted by atomic mass is 19.1. The van der Waals surface area contributed by atoms with E-state index >= 15 is 0 Å². The lowest BCUT2D eigenvalue weighted by molar-refractivity contribution is 0.400. The largest absolute Gasteiger partial charge is 0.493 e. The lowest BCUT2D eigenvalue weighted by Crippen LogP contribution is -2.25. The molecule has 102 valence electrons. The summed E-state index contributed by atoms with van der Waals surface area (Å²) in [6.07, 6.45) is 2.87. The number of nitrogens with zero attached hydrogens (tertiary/aromatic N) is 3. The molecule has 0 saturated carbocycles. The van der Waals surface area contributed by atoms with Gasteiger partial charge in [0.2, 0.25) is 0 Å². The fourth-order valence-electron chi connectivity index (χ4n) is 2.02. The SMILES string of the molecule is CCNC(c1ccc(F)cn1)c1c(OC)cnn1C. The van der Waals surface area contributed by atoms with Crippen molar-refractivity contribution in [2.45, 2.75) is 13.0 Å². The fraction of sp³-hybridized carbons (Fsp3) is 0.385. The molecule has 1 unspecified atom stereocenters. The van der Waals surface area contributed by atoms with E-state index in [2.05, 4.69) is 15.4 Å². The zero-order valence-electron chi connectivity index (χ0n) is 11.2. The summed E-state index contributed by atoms with van der Waals surface area (Å²) in [5, 5.41) is 7.49. The van der Waals surface area contributed by atoms with Crippen molar-refractivity contribution in [1.82, 2.24) is 20.1 Å². The lowest BCUT2D eigenvalue weighted by Gasteiger charge is -2.19. The Morgan fingerprint density at radius 2 is 2.21 bits per heavy atom. The predicted molar refractivity (Wildman–Crippen MR) is 69.5 cm³/mol. The van der Waals surface area contributed by atoms with E-state index in [-0.39, 0.29) is 11.9 Å². The van der Waals surface area contributed by atoms with E-state index in [0.717, 1.165) is 17.9 Å². The van der Waals surface area contributed by atoms with E-state index in [1.165, 1.54) is 12.3 Å². The second-order valence-electron chi connectivity index (χ2n) is 4.11. The summed E-state index contributed by atoms with van der Waals surface area (Å²) in [7, 11) is 3.44. The van der Waals surface area contributed by atoms with Crippen molar-refractivity contribution in [3.05, 3.63) is 41.7 Å². The third-order valence-electron chi connectivity index (χ3n) is 2.90. The maximum atomic E-state index is 13.0. The Balaban J connectivity index is 2.44. The standard InChI is InChI=1S/C13H17FN4O/c1-4-15-12(10-6-5-9(14)7-16-10)13-11(19-3)8-17-18(13)2/h5-8,12,15H,4H2,1-3H3. The van der Waals surface area contributed by atoms with Gasteiger partial charge in [0, 0.05) is 7.05 Å². The lowest BCUT2D eigenvalue weighted by atomic mass is 10.1. The zero-order valence-corrected chi connectivity index (χ0v) is 11.2. The first kappa shape index (κ1) is 13.5. The summed E-state index contributed by atoms with van der Waals surface area (Å²) in [5.41, 5.74) is 1.59. The van der Waals surface area contributed by atoms with Crippen LogP contribution in [0.5, 0.6) is 5.75 Å². The quantitative estimate of drug-likeness (QED) is 0.892. The third-order valence-corrected chi connectivity index (χ3v) is 2.90. The first-order valence-electron chi connectivity index (χ1n) is 6.08. The number of ether oxygens (including phenoxy) is 1. The van der Waals surface area contributed by atoms with Gasteiger partial charge in [-0.3, -0.25) is 9.67 Å². The van der Waals surface area contributed by atoms with E-state index in [0.29, 0.717) is 5.75 Å². The predicted octanol–water partition coefficient (Wildman–Crippen LogP) is 1.66. The Morgan fingerprint density at radius 1 is 1.42 bits per heavy atom. The Bertz CT molecular complexity index is 538. The van der Waals surface area contributed by atoms with E-state index in [9.17, 15) is 4.39 Å². The van der Waals surface area contributed by atoms with Gasteiger partial charge in [-0.1, -0.05) is 6.92 Å². The number of nitrogens with one attached hydrogen (secondary N) is 1. The number of pyridine rings is 1. The Hall–Kier alpha value is -1.95. The van der Waals surface area contributed by atoms with Crippen molar-refractivity contribution in [2.75, 3.05) is 13.7 Å². The molecule has 0 fully saturated rings. The molecule has 0 aliphatic rings. The molecule has 2 rings (SSSR count). The highest BCUT2D eigenvalue weighted by molar-refractivity contribution is 5.33. The topological polar surface area (TPSA) is 52.0 Å². The molecule has 2 aromatic rings. The van der Waals surface area contributed by atoms with Crippen LogP contribution in [0.1, 0.15) is 24.4 Å². The van der Waals surface area contributed by atoms with Crippen LogP contribution in [-0.4, -0.2) is 28.4 Å². The van der Waals surface area contributed by atoms with Crippen molar-refractivity contribution >= 4 is 0 Å². The van der Waals surface area contributed by atoms with Gasteiger partial charge in [0.1, 0.15) is 11.5 Å². The van der Waals surface area contributed by atoms with Gasteiger partial charge in [-0.2, -0.15) is 5.10 Å². The molecular formula is C13H17FN4O. The van der Waals surface area contributed by atoms with Crippen molar-refractivity contribution < 1.29 is 9.13 Å². The molecule has 19 heavy (non-hydrogen) atoms. The molecule has 0 aromatic carbocycles. The maximum absolute atomic E-state index is 13.0. The third kappa shape index (κ3) is 2.73. The summed E-state index contributed by atoms with van der Waals surface area (Å²) < 4.78 is 20.0. The maximum Gasteiger partial charge on any atom is 0.161 e.